The van der Waals surface area contributed by atoms with E-state index in [1.165, 1.54) is 41.0 Å². The zero-order chi connectivity index (χ0) is 25.4. The summed E-state index contributed by atoms with van der Waals surface area (Å²) < 4.78 is 20.7. The van der Waals surface area contributed by atoms with Gasteiger partial charge in [-0.2, -0.15) is 0 Å². The number of benzene rings is 3. The Morgan fingerprint density at radius 1 is 1.06 bits per heavy atom. The molecule has 4 aromatic rings. The first-order valence-electron chi connectivity index (χ1n) is 11.4. The molecule has 0 spiro atoms. The van der Waals surface area contributed by atoms with Crippen LogP contribution < -0.4 is 0 Å². The number of amides is 1. The molecule has 0 aliphatic carbocycles. The van der Waals surface area contributed by atoms with Crippen LogP contribution in [0.4, 0.5) is 4.39 Å². The van der Waals surface area contributed by atoms with E-state index in [1.807, 2.05) is 30.3 Å². The van der Waals surface area contributed by atoms with Crippen LogP contribution in [-0.4, -0.2) is 79.3 Å². The highest BCUT2D eigenvalue weighted by Gasteiger charge is 2.48. The number of aliphatic hydroxyl groups is 3. The molecule has 0 radical (unpaired) electrons. The standard InChI is InChI=1S/C26H25FN4O5/c1-30(25(35)18-10-9-15-5-2-3-6-16(15)11-18)26-24(34)22(23(33)21(14-32)36-26)31-13-20(28-29-31)17-7-4-8-19(27)12-17/h2-13,21-24,26,32-34H,14H2,1H3. The first-order valence-corrected chi connectivity index (χ1v) is 11.4. The maximum atomic E-state index is 13.7. The van der Waals surface area contributed by atoms with E-state index in [0.717, 1.165) is 10.8 Å². The largest absolute Gasteiger partial charge is 0.394 e. The second-order valence-corrected chi connectivity index (χ2v) is 8.79. The van der Waals surface area contributed by atoms with Crippen molar-refractivity contribution < 1.29 is 29.2 Å². The van der Waals surface area contributed by atoms with Gasteiger partial charge in [-0.1, -0.05) is 47.7 Å². The summed E-state index contributed by atoms with van der Waals surface area (Å²) in [5.74, 6) is -0.849. The van der Waals surface area contributed by atoms with E-state index < -0.39 is 48.9 Å². The first kappa shape index (κ1) is 24.0. The molecule has 1 aliphatic rings. The molecule has 1 amide bonds. The van der Waals surface area contributed by atoms with Crippen molar-refractivity contribution in [2.45, 2.75) is 30.6 Å². The highest BCUT2D eigenvalue weighted by molar-refractivity contribution is 5.98. The lowest BCUT2D eigenvalue weighted by atomic mass is 9.94. The molecule has 1 aromatic heterocycles. The smallest absolute Gasteiger partial charge is 0.255 e. The zero-order valence-electron chi connectivity index (χ0n) is 19.3. The lowest BCUT2D eigenvalue weighted by Crippen LogP contribution is -2.61. The van der Waals surface area contributed by atoms with Crippen LogP contribution in [0, 0.1) is 5.82 Å². The molecule has 0 saturated carbocycles. The number of hydrogen-bond acceptors (Lipinski definition) is 7. The average molecular weight is 493 g/mol. The number of rotatable bonds is 5. The second kappa shape index (κ2) is 9.75. The summed E-state index contributed by atoms with van der Waals surface area (Å²) >= 11 is 0. The van der Waals surface area contributed by atoms with E-state index >= 15 is 0 Å². The third kappa shape index (κ3) is 4.35. The predicted molar refractivity (Wildman–Crippen MR) is 128 cm³/mol. The van der Waals surface area contributed by atoms with Gasteiger partial charge in [0.05, 0.1) is 12.8 Å². The normalized spacial score (nSPS) is 24.1. The van der Waals surface area contributed by atoms with Gasteiger partial charge in [0.2, 0.25) is 0 Å². The third-order valence-corrected chi connectivity index (χ3v) is 6.50. The van der Waals surface area contributed by atoms with Gasteiger partial charge < -0.3 is 25.0 Å². The minimum Gasteiger partial charge on any atom is -0.394 e. The fourth-order valence-electron chi connectivity index (χ4n) is 4.56. The van der Waals surface area contributed by atoms with Gasteiger partial charge in [0, 0.05) is 18.2 Å². The zero-order valence-corrected chi connectivity index (χ0v) is 19.3. The van der Waals surface area contributed by atoms with E-state index in [1.54, 1.807) is 18.2 Å². The molecule has 10 heteroatoms. The Balaban J connectivity index is 1.44. The van der Waals surface area contributed by atoms with Crippen LogP contribution in [-0.2, 0) is 4.74 Å². The first-order chi connectivity index (χ1) is 17.4. The Bertz CT molecular complexity index is 1400. The van der Waals surface area contributed by atoms with Gasteiger partial charge in [0.15, 0.2) is 6.23 Å². The van der Waals surface area contributed by atoms with Crippen LogP contribution in [0.5, 0.6) is 0 Å². The van der Waals surface area contributed by atoms with Crippen molar-refractivity contribution >= 4 is 16.7 Å². The summed E-state index contributed by atoms with van der Waals surface area (Å²) in [4.78, 5) is 14.6. The van der Waals surface area contributed by atoms with Crippen molar-refractivity contribution in [2.24, 2.45) is 0 Å². The maximum absolute atomic E-state index is 13.7. The van der Waals surface area contributed by atoms with Gasteiger partial charge in [-0.25, -0.2) is 9.07 Å². The highest BCUT2D eigenvalue weighted by Crippen LogP contribution is 2.32. The predicted octanol–water partition coefficient (Wildman–Crippen LogP) is 1.99. The van der Waals surface area contributed by atoms with Gasteiger partial charge in [-0.3, -0.25) is 4.79 Å². The van der Waals surface area contributed by atoms with Crippen molar-refractivity contribution in [1.82, 2.24) is 19.9 Å². The lowest BCUT2D eigenvalue weighted by molar-refractivity contribution is -0.235. The molecule has 186 valence electrons. The molecule has 1 aliphatic heterocycles. The van der Waals surface area contributed by atoms with Gasteiger partial charge in [-0.15, -0.1) is 5.10 Å². The number of likely N-dealkylation sites (N-methyl/N-ethyl adjacent to an activating group) is 1. The minimum atomic E-state index is -1.42. The minimum absolute atomic E-state index is 0.332. The van der Waals surface area contributed by atoms with Gasteiger partial charge >= 0.3 is 0 Å². The second-order valence-electron chi connectivity index (χ2n) is 8.79. The molecule has 36 heavy (non-hydrogen) atoms. The van der Waals surface area contributed by atoms with Crippen LogP contribution in [0.2, 0.25) is 0 Å². The number of carbonyl (C=O) groups excluding carboxylic acids is 1. The topological polar surface area (TPSA) is 121 Å². The summed E-state index contributed by atoms with van der Waals surface area (Å²) in [7, 11) is 1.48. The van der Waals surface area contributed by atoms with E-state index in [4.69, 9.17) is 4.74 Å². The Morgan fingerprint density at radius 2 is 1.83 bits per heavy atom. The molecule has 3 aromatic carbocycles. The van der Waals surface area contributed by atoms with Crippen LogP contribution in [0.25, 0.3) is 22.0 Å². The van der Waals surface area contributed by atoms with E-state index in [0.29, 0.717) is 16.8 Å². The van der Waals surface area contributed by atoms with Crippen molar-refractivity contribution in [3.8, 4) is 11.3 Å². The van der Waals surface area contributed by atoms with Crippen molar-refractivity contribution in [2.75, 3.05) is 13.7 Å². The molecule has 5 unspecified atom stereocenters. The van der Waals surface area contributed by atoms with E-state index in [2.05, 4.69) is 10.3 Å². The quantitative estimate of drug-likeness (QED) is 0.390. The Morgan fingerprint density at radius 3 is 2.58 bits per heavy atom. The molecule has 1 fully saturated rings. The molecule has 5 rings (SSSR count). The number of aromatic nitrogens is 3. The van der Waals surface area contributed by atoms with Crippen LogP contribution >= 0.6 is 0 Å². The summed E-state index contributed by atoms with van der Waals surface area (Å²) in [6.45, 7) is -0.551. The summed E-state index contributed by atoms with van der Waals surface area (Å²) in [6, 6.07) is 17.6. The number of aliphatic hydroxyl groups excluding tert-OH is 3. The van der Waals surface area contributed by atoms with Crippen molar-refractivity contribution in [3.63, 3.8) is 0 Å². The number of nitrogens with zero attached hydrogens (tertiary/aromatic N) is 4. The average Bonchev–Trinajstić information content (AvgIpc) is 3.38. The van der Waals surface area contributed by atoms with Crippen LogP contribution in [0.1, 0.15) is 16.4 Å². The number of hydrogen-bond donors (Lipinski definition) is 3. The fourth-order valence-corrected chi connectivity index (χ4v) is 4.56. The number of ether oxygens (including phenoxy) is 1. The molecular formula is C26H25FN4O5. The van der Waals surface area contributed by atoms with Crippen LogP contribution in [0.3, 0.4) is 0 Å². The molecule has 2 heterocycles. The maximum Gasteiger partial charge on any atom is 0.255 e. The number of carbonyl (C=O) groups is 1. The molecular weight excluding hydrogens is 467 g/mol. The van der Waals surface area contributed by atoms with E-state index in [-0.39, 0.29) is 0 Å². The summed E-state index contributed by atoms with van der Waals surface area (Å²) in [5, 5.41) is 41.9. The van der Waals surface area contributed by atoms with Crippen molar-refractivity contribution in [1.29, 1.82) is 0 Å². The summed E-state index contributed by atoms with van der Waals surface area (Å²) in [5.41, 5.74) is 1.19. The molecule has 3 N–H and O–H groups in total. The SMILES string of the molecule is CN(C(=O)c1ccc2ccccc2c1)C1OC(CO)C(O)C(n2cc(-c3cccc(F)c3)nn2)C1O. The van der Waals surface area contributed by atoms with E-state index in [9.17, 15) is 24.5 Å². The third-order valence-electron chi connectivity index (χ3n) is 6.50. The fraction of sp³-hybridized carbons (Fsp3) is 0.269. The molecule has 1 saturated heterocycles. The van der Waals surface area contributed by atoms with Gasteiger partial charge in [0.25, 0.3) is 5.91 Å². The monoisotopic (exact) mass is 492 g/mol. The molecule has 0 bridgehead atoms. The number of fused-ring (bicyclic) bond motifs is 1. The lowest BCUT2D eigenvalue weighted by Gasteiger charge is -2.45. The Kier molecular flexibility index (Phi) is 6.50. The number of halogens is 1. The molecule has 5 atom stereocenters. The summed E-state index contributed by atoms with van der Waals surface area (Å²) in [6.07, 6.45) is -3.60. The Labute approximate surface area is 206 Å². The van der Waals surface area contributed by atoms with Gasteiger partial charge in [0.1, 0.15) is 35.9 Å². The Hall–Kier alpha value is -3.70. The van der Waals surface area contributed by atoms with Crippen molar-refractivity contribution in [3.05, 3.63) is 84.3 Å². The van der Waals surface area contributed by atoms with Crippen LogP contribution in [0.15, 0.2) is 72.9 Å². The molecule has 9 nitrogen and oxygen atoms in total. The van der Waals surface area contributed by atoms with Gasteiger partial charge in [-0.05, 0) is 35.0 Å². The highest BCUT2D eigenvalue weighted by atomic mass is 19.1.